The highest BCUT2D eigenvalue weighted by atomic mass is 19.4. The maximum atomic E-state index is 13.2. The van der Waals surface area contributed by atoms with Gasteiger partial charge >= 0.3 is 12.1 Å². The number of carboxylic acid groups (broad SMARTS) is 1. The quantitative estimate of drug-likeness (QED) is 0.584. The van der Waals surface area contributed by atoms with Crippen molar-refractivity contribution in [1.29, 1.82) is 0 Å². The Kier molecular flexibility index (Phi) is 6.88. The van der Waals surface area contributed by atoms with Gasteiger partial charge in [0.1, 0.15) is 11.4 Å². The van der Waals surface area contributed by atoms with Crippen LogP contribution in [-0.2, 0) is 17.9 Å². The van der Waals surface area contributed by atoms with Gasteiger partial charge in [0.05, 0.1) is 31.7 Å². The predicted molar refractivity (Wildman–Crippen MR) is 118 cm³/mol. The molecule has 2 unspecified atom stereocenters. The first-order chi connectivity index (χ1) is 16.7. The lowest BCUT2D eigenvalue weighted by molar-refractivity contribution is -0.192. The zero-order chi connectivity index (χ0) is 25.2. The topological polar surface area (TPSA) is 88.2 Å². The van der Waals surface area contributed by atoms with Gasteiger partial charge in [0.2, 0.25) is 0 Å². The number of methoxy groups -OCH3 is 1. The van der Waals surface area contributed by atoms with Gasteiger partial charge in [-0.1, -0.05) is 12.1 Å². The van der Waals surface area contributed by atoms with Crippen LogP contribution < -0.4 is 4.74 Å². The first-order valence-corrected chi connectivity index (χ1v) is 10.8. The number of alkyl halides is 3. The number of amides is 1. The highest BCUT2D eigenvalue weighted by molar-refractivity contribution is 5.94. The number of aliphatic carboxylic acids is 1. The summed E-state index contributed by atoms with van der Waals surface area (Å²) in [5.41, 5.74) is 3.06. The molecule has 5 rings (SSSR count). The predicted octanol–water partition coefficient (Wildman–Crippen LogP) is 3.80. The first kappa shape index (κ1) is 24.4. The molecular formula is C24H24F3N3O5. The molecule has 0 radical (unpaired) electrons. The van der Waals surface area contributed by atoms with Crippen LogP contribution in [0.2, 0.25) is 0 Å². The van der Waals surface area contributed by atoms with Crippen molar-refractivity contribution < 1.29 is 37.0 Å². The van der Waals surface area contributed by atoms with Crippen molar-refractivity contribution in [2.24, 2.45) is 0 Å². The van der Waals surface area contributed by atoms with Crippen LogP contribution in [-0.4, -0.2) is 63.8 Å². The molecule has 1 fully saturated rings. The maximum Gasteiger partial charge on any atom is 0.490 e. The normalized spacial score (nSPS) is 19.5. The van der Waals surface area contributed by atoms with E-state index in [1.165, 1.54) is 5.56 Å². The Morgan fingerprint density at radius 3 is 2.37 bits per heavy atom. The van der Waals surface area contributed by atoms with Gasteiger partial charge in [-0.2, -0.15) is 13.2 Å². The lowest BCUT2D eigenvalue weighted by Crippen LogP contribution is -2.49. The van der Waals surface area contributed by atoms with Crippen molar-refractivity contribution in [2.75, 3.05) is 20.2 Å². The second-order valence-electron chi connectivity index (χ2n) is 8.35. The molecular weight excluding hydrogens is 467 g/mol. The minimum absolute atomic E-state index is 0.104. The minimum Gasteiger partial charge on any atom is -0.497 e. The van der Waals surface area contributed by atoms with Crippen LogP contribution in [0.1, 0.15) is 27.7 Å². The van der Waals surface area contributed by atoms with Crippen molar-refractivity contribution in [1.82, 2.24) is 14.4 Å². The van der Waals surface area contributed by atoms with Gasteiger partial charge in [0.25, 0.3) is 5.91 Å². The van der Waals surface area contributed by atoms with Crippen LogP contribution in [0.5, 0.6) is 5.75 Å². The van der Waals surface area contributed by atoms with Gasteiger partial charge in [-0.05, 0) is 35.9 Å². The number of aromatic nitrogens is 1. The van der Waals surface area contributed by atoms with Crippen LogP contribution in [0.25, 0.3) is 0 Å². The molecule has 1 aromatic carbocycles. The molecule has 2 atom stereocenters. The molecule has 3 aromatic rings. The Morgan fingerprint density at radius 2 is 1.77 bits per heavy atom. The molecule has 1 amide bonds. The number of ether oxygens (including phenoxy) is 1. The van der Waals surface area contributed by atoms with Gasteiger partial charge in [0, 0.05) is 37.9 Å². The molecule has 35 heavy (non-hydrogen) atoms. The number of carbonyl (C=O) groups is 2. The Labute approximate surface area is 199 Å². The molecule has 0 bridgehead atoms. The highest BCUT2D eigenvalue weighted by Gasteiger charge is 2.44. The van der Waals surface area contributed by atoms with E-state index in [1.807, 2.05) is 53.6 Å². The van der Waals surface area contributed by atoms with Crippen molar-refractivity contribution >= 4 is 11.9 Å². The lowest BCUT2D eigenvalue weighted by atomic mass is 10.0. The van der Waals surface area contributed by atoms with Gasteiger partial charge in [0.15, 0.2) is 0 Å². The molecule has 186 valence electrons. The molecule has 4 heterocycles. The van der Waals surface area contributed by atoms with E-state index in [-0.39, 0.29) is 18.0 Å². The van der Waals surface area contributed by atoms with E-state index in [0.717, 1.165) is 36.6 Å². The molecule has 0 spiro atoms. The molecule has 2 aliphatic heterocycles. The zero-order valence-electron chi connectivity index (χ0n) is 18.8. The van der Waals surface area contributed by atoms with E-state index in [9.17, 15) is 18.0 Å². The molecule has 1 saturated heterocycles. The molecule has 0 saturated carbocycles. The standard InChI is InChI=1S/C22H23N3O3.C2HF3O2/c1-27-18-6-4-16(5-7-18)12-25-21-14-23(11-17-8-10-28-15-17)13-20(21)24-9-2-3-19(24)22(25)26;3-2(4,5)1(6)7/h2-10,15,20-21H,11-14H2,1H3;(H,6,7). The largest absolute Gasteiger partial charge is 0.497 e. The molecule has 8 nitrogen and oxygen atoms in total. The number of carboxylic acids is 1. The number of fused-ring (bicyclic) bond motifs is 3. The van der Waals surface area contributed by atoms with Crippen molar-refractivity contribution in [3.8, 4) is 5.75 Å². The summed E-state index contributed by atoms with van der Waals surface area (Å²) < 4.78 is 44.4. The summed E-state index contributed by atoms with van der Waals surface area (Å²) in [5.74, 6) is -1.83. The Hall–Kier alpha value is -3.73. The average molecular weight is 491 g/mol. The highest BCUT2D eigenvalue weighted by Crippen LogP contribution is 2.35. The van der Waals surface area contributed by atoms with E-state index in [0.29, 0.717) is 6.54 Å². The third kappa shape index (κ3) is 5.35. The number of nitrogens with zero attached hydrogens (tertiary/aromatic N) is 3. The summed E-state index contributed by atoms with van der Waals surface area (Å²) in [5, 5.41) is 7.12. The van der Waals surface area contributed by atoms with Gasteiger partial charge < -0.3 is 23.7 Å². The van der Waals surface area contributed by atoms with Crippen molar-refractivity contribution in [2.45, 2.75) is 31.3 Å². The fourth-order valence-electron chi connectivity index (χ4n) is 4.48. The van der Waals surface area contributed by atoms with E-state index in [4.69, 9.17) is 19.1 Å². The summed E-state index contributed by atoms with van der Waals surface area (Å²) >= 11 is 0. The zero-order valence-corrected chi connectivity index (χ0v) is 18.8. The summed E-state index contributed by atoms with van der Waals surface area (Å²) in [7, 11) is 1.66. The van der Waals surface area contributed by atoms with Crippen molar-refractivity contribution in [3.63, 3.8) is 0 Å². The Balaban J connectivity index is 0.000000364. The Morgan fingerprint density at radius 1 is 1.09 bits per heavy atom. The number of hydrogen-bond acceptors (Lipinski definition) is 5. The van der Waals surface area contributed by atoms with Gasteiger partial charge in [-0.25, -0.2) is 4.79 Å². The van der Waals surface area contributed by atoms with E-state index < -0.39 is 12.1 Å². The number of halogens is 3. The minimum atomic E-state index is -5.08. The third-order valence-corrected chi connectivity index (χ3v) is 6.09. The number of likely N-dealkylation sites (tertiary alicyclic amines) is 1. The fraction of sp³-hybridized carbons (Fsp3) is 0.333. The van der Waals surface area contributed by atoms with E-state index in [1.54, 1.807) is 19.6 Å². The van der Waals surface area contributed by atoms with Crippen LogP contribution in [0.4, 0.5) is 13.2 Å². The monoisotopic (exact) mass is 491 g/mol. The second-order valence-corrected chi connectivity index (χ2v) is 8.35. The average Bonchev–Trinajstić information content (AvgIpc) is 3.58. The second kappa shape index (κ2) is 9.87. The van der Waals surface area contributed by atoms with Crippen LogP contribution >= 0.6 is 0 Å². The summed E-state index contributed by atoms with van der Waals surface area (Å²) in [6.45, 7) is 3.22. The Bertz CT molecular complexity index is 1160. The number of rotatable bonds is 5. The van der Waals surface area contributed by atoms with Gasteiger partial charge in [-0.15, -0.1) is 0 Å². The maximum absolute atomic E-state index is 13.2. The van der Waals surface area contributed by atoms with Crippen molar-refractivity contribution in [3.05, 3.63) is 78.0 Å². The summed E-state index contributed by atoms with van der Waals surface area (Å²) in [4.78, 5) is 26.6. The number of carbonyl (C=O) groups excluding carboxylic acids is 1. The van der Waals surface area contributed by atoms with Crippen LogP contribution in [0.3, 0.4) is 0 Å². The van der Waals surface area contributed by atoms with E-state index >= 15 is 0 Å². The number of furan rings is 1. The molecule has 2 aliphatic rings. The fourth-order valence-corrected chi connectivity index (χ4v) is 4.48. The van der Waals surface area contributed by atoms with E-state index in [2.05, 4.69) is 9.47 Å². The van der Waals surface area contributed by atoms with Crippen LogP contribution in [0.15, 0.2) is 65.6 Å². The number of benzene rings is 1. The first-order valence-electron chi connectivity index (χ1n) is 10.8. The van der Waals surface area contributed by atoms with Crippen LogP contribution in [0, 0.1) is 0 Å². The third-order valence-electron chi connectivity index (χ3n) is 6.09. The molecule has 2 aromatic heterocycles. The summed E-state index contributed by atoms with van der Waals surface area (Å²) in [6, 6.07) is 14.3. The van der Waals surface area contributed by atoms with Gasteiger partial charge in [-0.3, -0.25) is 9.69 Å². The molecule has 11 heteroatoms. The SMILES string of the molecule is COc1ccc(CN2C(=O)c3cccn3C3CN(Cc4ccoc4)CC32)cc1.O=C(O)C(F)(F)F. The summed E-state index contributed by atoms with van der Waals surface area (Å²) in [6.07, 6.45) is 0.461. The smallest absolute Gasteiger partial charge is 0.490 e. The number of hydrogen-bond donors (Lipinski definition) is 1. The molecule has 1 N–H and O–H groups in total. The lowest BCUT2D eigenvalue weighted by Gasteiger charge is -2.38. The molecule has 0 aliphatic carbocycles.